The molecule has 0 unspecified atom stereocenters. The molecule has 182 valence electrons. The Bertz CT molecular complexity index is 1700. The monoisotopic (exact) mass is 517 g/mol. The molecule has 0 aliphatic heterocycles. The molecule has 0 N–H and O–H groups in total. The van der Waals surface area contributed by atoms with Gasteiger partial charge in [-0.1, -0.05) is 29.8 Å². The lowest BCUT2D eigenvalue weighted by atomic mass is 9.98. The lowest BCUT2D eigenvalue weighted by Gasteiger charge is -2.14. The van der Waals surface area contributed by atoms with E-state index in [1.807, 2.05) is 80.1 Å². The lowest BCUT2D eigenvalue weighted by Crippen LogP contribution is -2.00. The van der Waals surface area contributed by atoms with Gasteiger partial charge in [-0.25, -0.2) is 18.4 Å². The molecule has 0 radical (unpaired) electrons. The van der Waals surface area contributed by atoms with Crippen LogP contribution in [0.5, 0.6) is 0 Å². The van der Waals surface area contributed by atoms with Crippen molar-refractivity contribution in [2.24, 2.45) is 0 Å². The third-order valence-corrected chi connectivity index (χ3v) is 7.31. The van der Waals surface area contributed by atoms with Crippen molar-refractivity contribution in [1.29, 1.82) is 0 Å². The summed E-state index contributed by atoms with van der Waals surface area (Å²) >= 11 is 6.12. The van der Waals surface area contributed by atoms with Crippen LogP contribution in [0.4, 0.5) is 0 Å². The van der Waals surface area contributed by atoms with Crippen LogP contribution < -0.4 is 0 Å². The van der Waals surface area contributed by atoms with Crippen molar-refractivity contribution < 1.29 is 12.8 Å². The molecular formula is C28H24ClN3O3S. The molecule has 0 fully saturated rings. The van der Waals surface area contributed by atoms with E-state index < -0.39 is 9.84 Å². The van der Waals surface area contributed by atoms with Crippen LogP contribution in [0.15, 0.2) is 82.2 Å². The van der Waals surface area contributed by atoms with E-state index in [9.17, 15) is 8.42 Å². The first-order valence-corrected chi connectivity index (χ1v) is 13.6. The third-order valence-electron chi connectivity index (χ3n) is 5.95. The van der Waals surface area contributed by atoms with E-state index in [2.05, 4.69) is 4.98 Å². The number of aryl methyl sites for hydroxylation is 3. The van der Waals surface area contributed by atoms with Gasteiger partial charge in [-0.2, -0.15) is 0 Å². The van der Waals surface area contributed by atoms with Crippen molar-refractivity contribution >= 4 is 21.4 Å². The summed E-state index contributed by atoms with van der Waals surface area (Å²) in [7, 11) is -3.34. The van der Waals surface area contributed by atoms with Gasteiger partial charge >= 0.3 is 0 Å². The summed E-state index contributed by atoms with van der Waals surface area (Å²) in [6, 6.07) is 20.4. The van der Waals surface area contributed by atoms with Gasteiger partial charge in [0.25, 0.3) is 0 Å². The number of rotatable bonds is 5. The number of hydrogen-bond donors (Lipinski definition) is 0. The van der Waals surface area contributed by atoms with Crippen LogP contribution in [0.2, 0.25) is 5.02 Å². The van der Waals surface area contributed by atoms with Crippen molar-refractivity contribution in [3.05, 3.63) is 95.4 Å². The zero-order valence-corrected chi connectivity index (χ0v) is 21.9. The van der Waals surface area contributed by atoms with E-state index in [4.69, 9.17) is 21.0 Å². The Labute approximate surface area is 215 Å². The normalized spacial score (nSPS) is 11.7. The van der Waals surface area contributed by atoms with Crippen molar-refractivity contribution in [2.45, 2.75) is 25.7 Å². The molecule has 0 bridgehead atoms. The smallest absolute Gasteiger partial charge is 0.192 e. The molecule has 2 aromatic heterocycles. The van der Waals surface area contributed by atoms with Gasteiger partial charge in [0.05, 0.1) is 16.3 Å². The molecule has 6 nitrogen and oxygen atoms in total. The third kappa shape index (κ3) is 4.59. The van der Waals surface area contributed by atoms with Gasteiger partial charge in [0.2, 0.25) is 0 Å². The number of hydrogen-bond acceptors (Lipinski definition) is 5. The summed E-state index contributed by atoms with van der Waals surface area (Å²) in [5.41, 5.74) is 5.80. The molecule has 0 aliphatic rings. The first-order chi connectivity index (χ1) is 17.1. The van der Waals surface area contributed by atoms with Crippen molar-refractivity contribution in [3.8, 4) is 39.4 Å². The minimum absolute atomic E-state index is 0.269. The van der Waals surface area contributed by atoms with E-state index >= 15 is 0 Å². The SMILES string of the molecule is Cc1cn(-c2ccc(-c3cccc(S(C)(=O)=O)c3)cc2-c2nc(C)oc2-c2ccc(Cl)cc2)c(C)n1. The molecular weight excluding hydrogens is 494 g/mol. The minimum atomic E-state index is -3.34. The Balaban J connectivity index is 1.77. The summed E-state index contributed by atoms with van der Waals surface area (Å²) in [5, 5.41) is 0.634. The number of nitrogens with zero attached hydrogens (tertiary/aromatic N) is 3. The number of benzene rings is 3. The van der Waals surface area contributed by atoms with Gasteiger partial charge in [-0.15, -0.1) is 0 Å². The second-order valence-electron chi connectivity index (χ2n) is 8.75. The molecule has 0 saturated heterocycles. The maximum atomic E-state index is 12.2. The van der Waals surface area contributed by atoms with Crippen molar-refractivity contribution in [3.63, 3.8) is 0 Å². The first-order valence-electron chi connectivity index (χ1n) is 11.3. The molecule has 5 rings (SSSR count). The summed E-state index contributed by atoms with van der Waals surface area (Å²) < 4.78 is 32.4. The molecule has 8 heteroatoms. The maximum absolute atomic E-state index is 12.2. The summed E-state index contributed by atoms with van der Waals surface area (Å²) in [6.07, 6.45) is 3.19. The highest BCUT2D eigenvalue weighted by atomic mass is 35.5. The Kier molecular flexibility index (Phi) is 6.06. The molecule has 3 aromatic carbocycles. The van der Waals surface area contributed by atoms with Gasteiger partial charge in [0, 0.05) is 35.5 Å². The van der Waals surface area contributed by atoms with Gasteiger partial charge in [0.1, 0.15) is 11.5 Å². The molecule has 5 aromatic rings. The summed E-state index contributed by atoms with van der Waals surface area (Å²) in [5.74, 6) is 2.00. The predicted molar refractivity (Wildman–Crippen MR) is 142 cm³/mol. The van der Waals surface area contributed by atoms with Crippen molar-refractivity contribution in [2.75, 3.05) is 6.26 Å². The predicted octanol–water partition coefficient (Wildman–Crippen LogP) is 6.84. The Morgan fingerprint density at radius 2 is 1.56 bits per heavy atom. The molecule has 0 spiro atoms. The van der Waals surface area contributed by atoms with Crippen LogP contribution in [-0.4, -0.2) is 29.2 Å². The quantitative estimate of drug-likeness (QED) is 0.255. The second kappa shape index (κ2) is 9.08. The second-order valence-corrected chi connectivity index (χ2v) is 11.2. The van der Waals surface area contributed by atoms with Crippen LogP contribution in [-0.2, 0) is 9.84 Å². The van der Waals surface area contributed by atoms with Crippen LogP contribution in [0.3, 0.4) is 0 Å². The van der Waals surface area contributed by atoms with E-state index in [0.717, 1.165) is 39.5 Å². The topological polar surface area (TPSA) is 78.0 Å². The van der Waals surface area contributed by atoms with Gasteiger partial charge in [-0.05, 0) is 73.5 Å². The largest absolute Gasteiger partial charge is 0.440 e. The molecule has 2 heterocycles. The fourth-order valence-corrected chi connectivity index (χ4v) is 5.08. The summed E-state index contributed by atoms with van der Waals surface area (Å²) in [6.45, 7) is 5.72. The van der Waals surface area contributed by atoms with Crippen LogP contribution >= 0.6 is 11.6 Å². The van der Waals surface area contributed by atoms with Gasteiger partial charge in [-0.3, -0.25) is 0 Å². The van der Waals surface area contributed by atoms with E-state index in [0.29, 0.717) is 22.4 Å². The number of sulfone groups is 1. The van der Waals surface area contributed by atoms with E-state index in [-0.39, 0.29) is 4.90 Å². The van der Waals surface area contributed by atoms with Crippen molar-refractivity contribution in [1.82, 2.24) is 14.5 Å². The highest BCUT2D eigenvalue weighted by Gasteiger charge is 2.21. The standard InChI is InChI=1S/C28H24ClN3O3S/c1-17-16-32(18(2)30-17)26-13-10-22(21-6-5-7-24(14-21)36(4,33)34)15-25(26)27-28(35-19(3)31-27)20-8-11-23(29)12-9-20/h5-16H,1-4H3. The zero-order valence-electron chi connectivity index (χ0n) is 20.3. The fourth-order valence-electron chi connectivity index (χ4n) is 4.29. The highest BCUT2D eigenvalue weighted by Crippen LogP contribution is 2.39. The average molecular weight is 518 g/mol. The molecule has 0 atom stereocenters. The number of halogens is 1. The van der Waals surface area contributed by atoms with Crippen LogP contribution in [0.1, 0.15) is 17.4 Å². The molecule has 0 amide bonds. The Morgan fingerprint density at radius 3 is 2.22 bits per heavy atom. The van der Waals surface area contributed by atoms with E-state index in [1.54, 1.807) is 18.2 Å². The van der Waals surface area contributed by atoms with Crippen LogP contribution in [0, 0.1) is 20.8 Å². The Morgan fingerprint density at radius 1 is 0.861 bits per heavy atom. The minimum Gasteiger partial charge on any atom is -0.440 e. The number of aromatic nitrogens is 3. The molecule has 0 saturated carbocycles. The van der Waals surface area contributed by atoms with E-state index in [1.165, 1.54) is 6.26 Å². The number of oxazole rings is 1. The zero-order chi connectivity index (χ0) is 25.6. The van der Waals surface area contributed by atoms with Crippen LogP contribution in [0.25, 0.3) is 39.4 Å². The lowest BCUT2D eigenvalue weighted by molar-refractivity contribution is 0.534. The fraction of sp³-hybridized carbons (Fsp3) is 0.143. The first kappa shape index (κ1) is 24.0. The molecule has 36 heavy (non-hydrogen) atoms. The highest BCUT2D eigenvalue weighted by molar-refractivity contribution is 7.90. The average Bonchev–Trinajstić information content (AvgIpc) is 3.39. The van der Waals surface area contributed by atoms with Gasteiger partial charge in [0.15, 0.2) is 21.5 Å². The Hall–Kier alpha value is -3.68. The number of imidazole rings is 1. The summed E-state index contributed by atoms with van der Waals surface area (Å²) in [4.78, 5) is 9.61. The van der Waals surface area contributed by atoms with Gasteiger partial charge < -0.3 is 8.98 Å². The maximum Gasteiger partial charge on any atom is 0.192 e. The molecule has 0 aliphatic carbocycles.